The van der Waals surface area contributed by atoms with E-state index in [2.05, 4.69) is 34.7 Å². The van der Waals surface area contributed by atoms with Crippen LogP contribution in [0.25, 0.3) is 0 Å². The summed E-state index contributed by atoms with van der Waals surface area (Å²) in [6.45, 7) is 0.667. The lowest BCUT2D eigenvalue weighted by Crippen LogP contribution is -2.42. The normalized spacial score (nSPS) is 16.7. The number of nitrogens with zero attached hydrogens (tertiary/aromatic N) is 2. The first-order chi connectivity index (χ1) is 13.3. The van der Waals surface area contributed by atoms with Crippen molar-refractivity contribution in [3.05, 3.63) is 90.3 Å². The molecule has 1 aliphatic carbocycles. The maximum atomic E-state index is 13.2. The molecule has 1 atom stereocenters. The number of benzene rings is 2. The van der Waals surface area contributed by atoms with Crippen molar-refractivity contribution in [1.82, 2.24) is 15.1 Å². The average Bonchev–Trinajstić information content (AvgIpc) is 3.41. The van der Waals surface area contributed by atoms with Crippen molar-refractivity contribution in [3.63, 3.8) is 0 Å². The molecule has 0 saturated heterocycles. The summed E-state index contributed by atoms with van der Waals surface area (Å²) in [4.78, 5) is 13.2. The van der Waals surface area contributed by atoms with E-state index >= 15 is 0 Å². The second-order valence-electron chi connectivity index (χ2n) is 7.37. The zero-order valence-corrected chi connectivity index (χ0v) is 15.4. The highest BCUT2D eigenvalue weighted by molar-refractivity contribution is 5.83. The fourth-order valence-corrected chi connectivity index (χ4v) is 4.26. The molecule has 4 rings (SSSR count). The van der Waals surface area contributed by atoms with Crippen LogP contribution in [-0.4, -0.2) is 22.2 Å². The molecule has 1 aromatic heterocycles. The summed E-state index contributed by atoms with van der Waals surface area (Å²) in [6, 6.07) is 21.9. The van der Waals surface area contributed by atoms with Crippen LogP contribution in [0.2, 0.25) is 0 Å². The number of rotatable bonds is 6. The Morgan fingerprint density at radius 2 is 1.67 bits per heavy atom. The van der Waals surface area contributed by atoms with Gasteiger partial charge in [0.1, 0.15) is 0 Å². The number of aromatic nitrogens is 2. The third kappa shape index (κ3) is 3.65. The molecule has 1 fully saturated rings. The number of carbonyl (C=O) groups excluding carboxylic acids is 1. The van der Waals surface area contributed by atoms with Crippen molar-refractivity contribution < 1.29 is 4.79 Å². The third-order valence-corrected chi connectivity index (χ3v) is 5.70. The van der Waals surface area contributed by atoms with Crippen LogP contribution >= 0.6 is 0 Å². The summed E-state index contributed by atoms with van der Waals surface area (Å²) in [5, 5.41) is 7.58. The van der Waals surface area contributed by atoms with E-state index in [0.717, 1.165) is 18.4 Å². The van der Waals surface area contributed by atoms with Crippen LogP contribution in [0.1, 0.15) is 42.9 Å². The number of hydrogen-bond acceptors (Lipinski definition) is 2. The molecule has 2 aromatic carbocycles. The van der Waals surface area contributed by atoms with Crippen LogP contribution < -0.4 is 5.32 Å². The molecule has 4 nitrogen and oxygen atoms in total. The van der Waals surface area contributed by atoms with Gasteiger partial charge in [-0.15, -0.1) is 0 Å². The minimum atomic E-state index is -0.449. The first-order valence-electron chi connectivity index (χ1n) is 9.66. The second-order valence-corrected chi connectivity index (χ2v) is 7.37. The Morgan fingerprint density at radius 1 is 1.00 bits per heavy atom. The minimum absolute atomic E-state index is 0.00731. The van der Waals surface area contributed by atoms with Crippen molar-refractivity contribution >= 4 is 5.91 Å². The summed E-state index contributed by atoms with van der Waals surface area (Å²) in [7, 11) is 0. The molecule has 138 valence electrons. The lowest BCUT2D eigenvalue weighted by atomic mass is 9.78. The highest BCUT2D eigenvalue weighted by Crippen LogP contribution is 2.40. The zero-order valence-electron chi connectivity index (χ0n) is 15.4. The van der Waals surface area contributed by atoms with Crippen molar-refractivity contribution in [1.29, 1.82) is 0 Å². The lowest BCUT2D eigenvalue weighted by molar-refractivity contribution is -0.123. The molecular weight excluding hydrogens is 334 g/mol. The number of hydrogen-bond donors (Lipinski definition) is 1. The van der Waals surface area contributed by atoms with Crippen LogP contribution in [-0.2, 0) is 10.2 Å². The van der Waals surface area contributed by atoms with Gasteiger partial charge >= 0.3 is 0 Å². The summed E-state index contributed by atoms with van der Waals surface area (Å²) >= 11 is 0. The average molecular weight is 359 g/mol. The maximum absolute atomic E-state index is 13.2. The summed E-state index contributed by atoms with van der Waals surface area (Å²) in [5.41, 5.74) is 2.32. The molecule has 0 bridgehead atoms. The molecule has 1 N–H and O–H groups in total. The van der Waals surface area contributed by atoms with Gasteiger partial charge in [0.05, 0.1) is 0 Å². The Hall–Kier alpha value is -2.88. The molecule has 1 amide bonds. The van der Waals surface area contributed by atoms with Gasteiger partial charge in [0.2, 0.25) is 5.91 Å². The number of nitrogens with one attached hydrogen (secondary N) is 1. The molecule has 4 heteroatoms. The van der Waals surface area contributed by atoms with E-state index in [1.807, 2.05) is 48.7 Å². The van der Waals surface area contributed by atoms with E-state index in [-0.39, 0.29) is 11.3 Å². The molecule has 1 unspecified atom stereocenters. The quantitative estimate of drug-likeness (QED) is 0.720. The van der Waals surface area contributed by atoms with Crippen molar-refractivity contribution in [2.24, 2.45) is 0 Å². The third-order valence-electron chi connectivity index (χ3n) is 5.70. The Balaban J connectivity index is 1.56. The topological polar surface area (TPSA) is 46.9 Å². The summed E-state index contributed by atoms with van der Waals surface area (Å²) in [6.07, 6.45) is 8.23. The van der Waals surface area contributed by atoms with Crippen molar-refractivity contribution in [2.75, 3.05) is 6.54 Å². The van der Waals surface area contributed by atoms with Gasteiger partial charge in [-0.3, -0.25) is 9.48 Å². The molecule has 1 heterocycles. The first kappa shape index (κ1) is 17.5. The smallest absolute Gasteiger partial charge is 0.249 e. The Labute approximate surface area is 160 Å². The predicted molar refractivity (Wildman–Crippen MR) is 106 cm³/mol. The van der Waals surface area contributed by atoms with Crippen LogP contribution in [0.15, 0.2) is 79.1 Å². The SMILES string of the molecule is O=C(NCC1(c2ccccc2)CCCC1)C(c1ccccc1)n1cccn1. The maximum Gasteiger partial charge on any atom is 0.249 e. The second kappa shape index (κ2) is 7.78. The molecule has 0 spiro atoms. The lowest BCUT2D eigenvalue weighted by Gasteiger charge is -2.31. The molecule has 3 aromatic rings. The fourth-order valence-electron chi connectivity index (χ4n) is 4.26. The first-order valence-corrected chi connectivity index (χ1v) is 9.66. The van der Waals surface area contributed by atoms with E-state index in [1.165, 1.54) is 18.4 Å². The van der Waals surface area contributed by atoms with Gasteiger partial charge in [-0.2, -0.15) is 5.10 Å². The predicted octanol–water partition coefficient (Wildman–Crippen LogP) is 4.10. The molecule has 0 aliphatic heterocycles. The minimum Gasteiger partial charge on any atom is -0.353 e. The Morgan fingerprint density at radius 3 is 2.30 bits per heavy atom. The fraction of sp³-hybridized carbons (Fsp3) is 0.304. The Kier molecular flexibility index (Phi) is 5.05. The largest absolute Gasteiger partial charge is 0.353 e. The van der Waals surface area contributed by atoms with Crippen molar-refractivity contribution in [3.8, 4) is 0 Å². The van der Waals surface area contributed by atoms with Gasteiger partial charge in [-0.05, 0) is 30.0 Å². The van der Waals surface area contributed by atoms with Gasteiger partial charge in [0, 0.05) is 24.4 Å². The Bertz CT molecular complexity index is 853. The van der Waals surface area contributed by atoms with Crippen LogP contribution in [0.5, 0.6) is 0 Å². The van der Waals surface area contributed by atoms with Gasteiger partial charge in [-0.1, -0.05) is 73.5 Å². The molecule has 1 saturated carbocycles. The molecule has 27 heavy (non-hydrogen) atoms. The van der Waals surface area contributed by atoms with E-state index in [1.54, 1.807) is 10.9 Å². The summed E-state index contributed by atoms with van der Waals surface area (Å²) < 4.78 is 1.73. The van der Waals surface area contributed by atoms with Gasteiger partial charge < -0.3 is 5.32 Å². The van der Waals surface area contributed by atoms with E-state index < -0.39 is 6.04 Å². The van der Waals surface area contributed by atoms with Gasteiger partial charge in [0.25, 0.3) is 0 Å². The highest BCUT2D eigenvalue weighted by Gasteiger charge is 2.36. The van der Waals surface area contributed by atoms with Crippen LogP contribution in [0.3, 0.4) is 0 Å². The summed E-state index contributed by atoms with van der Waals surface area (Å²) in [5.74, 6) is -0.00731. The van der Waals surface area contributed by atoms with Gasteiger partial charge in [-0.25, -0.2) is 0 Å². The molecule has 1 aliphatic rings. The van der Waals surface area contributed by atoms with Crippen LogP contribution in [0, 0.1) is 0 Å². The van der Waals surface area contributed by atoms with Crippen molar-refractivity contribution in [2.45, 2.75) is 37.1 Å². The molecule has 0 radical (unpaired) electrons. The number of carbonyl (C=O) groups is 1. The monoisotopic (exact) mass is 359 g/mol. The zero-order chi connectivity index (χ0) is 18.5. The van der Waals surface area contributed by atoms with E-state index in [0.29, 0.717) is 6.54 Å². The van der Waals surface area contributed by atoms with Crippen LogP contribution in [0.4, 0.5) is 0 Å². The molecular formula is C23H25N3O. The van der Waals surface area contributed by atoms with E-state index in [4.69, 9.17) is 0 Å². The van der Waals surface area contributed by atoms with Gasteiger partial charge in [0.15, 0.2) is 6.04 Å². The highest BCUT2D eigenvalue weighted by atomic mass is 16.2. The van der Waals surface area contributed by atoms with E-state index in [9.17, 15) is 4.79 Å². The standard InChI is InChI=1S/C23H25N3O/c27-22(21(26-17-9-16-25-26)19-10-3-1-4-11-19)24-18-23(14-7-8-15-23)20-12-5-2-6-13-20/h1-6,9-13,16-17,21H,7-8,14-15,18H2,(H,24,27). The number of amides is 1.